The maximum Gasteiger partial charge on any atom is 0.408 e. The van der Waals surface area contributed by atoms with Gasteiger partial charge < -0.3 is 24.6 Å². The van der Waals surface area contributed by atoms with Crippen LogP contribution in [-0.4, -0.2) is 65.7 Å². The van der Waals surface area contributed by atoms with E-state index < -0.39 is 54.0 Å². The third-order valence-electron chi connectivity index (χ3n) is 13.9. The van der Waals surface area contributed by atoms with Crippen LogP contribution in [0.1, 0.15) is 101 Å². The second-order valence-corrected chi connectivity index (χ2v) is 17.5. The highest BCUT2D eigenvalue weighted by Crippen LogP contribution is 2.87. The Balaban J connectivity index is 1.28. The summed E-state index contributed by atoms with van der Waals surface area (Å²) in [5, 5.41) is 14.0. The monoisotopic (exact) mass is 683 g/mol. The van der Waals surface area contributed by atoms with Crippen molar-refractivity contribution in [1.29, 1.82) is 0 Å². The van der Waals surface area contributed by atoms with Gasteiger partial charge in [-0.15, -0.1) is 0 Å². The van der Waals surface area contributed by atoms with Gasteiger partial charge in [0.05, 0.1) is 6.61 Å². The van der Waals surface area contributed by atoms with Crippen molar-refractivity contribution in [3.05, 3.63) is 24.3 Å². The summed E-state index contributed by atoms with van der Waals surface area (Å²) in [7, 11) is 0. The van der Waals surface area contributed by atoms with Crippen LogP contribution in [0.4, 0.5) is 4.79 Å². The molecule has 2 spiro atoms. The molecule has 4 fully saturated rings. The first-order valence-corrected chi connectivity index (χ1v) is 18.1. The number of allylic oxidation sites excluding steroid dienone is 2. The molecule has 10 nitrogen and oxygen atoms in total. The zero-order chi connectivity index (χ0) is 36.5. The fourth-order valence-corrected chi connectivity index (χ4v) is 11.3. The number of ether oxygens (including phenoxy) is 3. The molecule has 0 unspecified atom stereocenters. The maximum absolute atomic E-state index is 13.7. The first-order valence-electron chi connectivity index (χ1n) is 18.1. The van der Waals surface area contributed by atoms with Gasteiger partial charge in [0.2, 0.25) is 0 Å². The van der Waals surface area contributed by atoms with E-state index in [-0.39, 0.29) is 57.4 Å². The van der Waals surface area contributed by atoms with Crippen LogP contribution in [0.5, 0.6) is 0 Å². The summed E-state index contributed by atoms with van der Waals surface area (Å²) in [6, 6.07) is 0. The van der Waals surface area contributed by atoms with Crippen LogP contribution in [0, 0.1) is 57.2 Å². The predicted octanol–water partition coefficient (Wildman–Crippen LogP) is 5.75. The Hall–Kier alpha value is -3.01. The van der Waals surface area contributed by atoms with Gasteiger partial charge in [-0.2, -0.15) is 0 Å². The third-order valence-corrected chi connectivity index (χ3v) is 13.9. The summed E-state index contributed by atoms with van der Waals surface area (Å²) in [5.41, 5.74) is -0.927. The normalized spacial score (nSPS) is 39.1. The van der Waals surface area contributed by atoms with Gasteiger partial charge in [-0.25, -0.2) is 4.79 Å². The molecule has 0 aliphatic heterocycles. The van der Waals surface area contributed by atoms with Crippen LogP contribution in [-0.2, 0) is 33.4 Å². The lowest BCUT2D eigenvalue weighted by atomic mass is 9.43. The minimum Gasteiger partial charge on any atom is -0.464 e. The van der Waals surface area contributed by atoms with Crippen molar-refractivity contribution in [2.75, 3.05) is 13.2 Å². The minimum atomic E-state index is -1.39. The Kier molecular flexibility index (Phi) is 9.61. The number of rotatable bonds is 10. The molecule has 4 saturated carbocycles. The van der Waals surface area contributed by atoms with E-state index in [2.05, 4.69) is 38.7 Å². The molecule has 272 valence electrons. The summed E-state index contributed by atoms with van der Waals surface area (Å²) >= 11 is 0. The van der Waals surface area contributed by atoms with Crippen molar-refractivity contribution in [3.8, 4) is 0 Å². The van der Waals surface area contributed by atoms with Crippen LogP contribution in [0.25, 0.3) is 0 Å². The van der Waals surface area contributed by atoms with Crippen molar-refractivity contribution in [2.24, 2.45) is 57.2 Å². The molecule has 1 amide bonds. The quantitative estimate of drug-likeness (QED) is 0.167. The largest absolute Gasteiger partial charge is 0.464 e. The third kappa shape index (κ3) is 6.08. The average Bonchev–Trinajstić information content (AvgIpc) is 3.62. The van der Waals surface area contributed by atoms with Crippen molar-refractivity contribution >= 4 is 29.6 Å². The zero-order valence-corrected chi connectivity index (χ0v) is 30.9. The fraction of sp³-hybridized carbons (Fsp3) is 0.769. The van der Waals surface area contributed by atoms with Gasteiger partial charge in [0.25, 0.3) is 0 Å². The molecule has 2 N–H and O–H groups in total. The number of carbonyl (C=O) groups excluding carboxylic acids is 5. The Bertz CT molecular complexity index is 1450. The molecule has 10 heteroatoms. The molecule has 0 aromatic carbocycles. The van der Waals surface area contributed by atoms with Gasteiger partial charge >= 0.3 is 18.0 Å². The number of alkyl carbamates (subject to hydrolysis) is 1. The van der Waals surface area contributed by atoms with Crippen LogP contribution >= 0.6 is 0 Å². The van der Waals surface area contributed by atoms with E-state index >= 15 is 0 Å². The lowest BCUT2D eigenvalue weighted by Crippen LogP contribution is -2.56. The number of esters is 2. The van der Waals surface area contributed by atoms with Gasteiger partial charge in [0.15, 0.2) is 11.6 Å². The first-order chi connectivity index (χ1) is 22.6. The Morgan fingerprint density at radius 3 is 2.41 bits per heavy atom. The number of amides is 1. The molecule has 0 saturated heterocycles. The number of Topliss-reactive ketones (excluding diaryl/α,β-unsaturated/α-hetero) is 1. The Labute approximate surface area is 291 Å². The van der Waals surface area contributed by atoms with Crippen LogP contribution in [0.2, 0.25) is 0 Å². The zero-order valence-electron chi connectivity index (χ0n) is 30.9. The molecule has 0 heterocycles. The molecule has 5 rings (SSSR count). The molecule has 0 aromatic rings. The van der Waals surface area contributed by atoms with Crippen LogP contribution in [0.15, 0.2) is 24.3 Å². The van der Waals surface area contributed by atoms with Crippen molar-refractivity contribution in [2.45, 2.75) is 119 Å². The number of aliphatic hydroxyl groups is 1. The van der Waals surface area contributed by atoms with Crippen molar-refractivity contribution in [1.82, 2.24) is 5.32 Å². The number of carbonyl (C=O) groups is 5. The highest BCUT2D eigenvalue weighted by Gasteiger charge is 2.81. The average molecular weight is 684 g/mol. The molecular formula is C39H57NO9. The summed E-state index contributed by atoms with van der Waals surface area (Å²) < 4.78 is 16.5. The number of hydrogen-bond donors (Lipinski definition) is 2. The van der Waals surface area contributed by atoms with Gasteiger partial charge in [0.1, 0.15) is 24.4 Å². The van der Waals surface area contributed by atoms with E-state index in [1.807, 2.05) is 13.0 Å². The van der Waals surface area contributed by atoms with E-state index in [1.165, 1.54) is 6.92 Å². The van der Waals surface area contributed by atoms with E-state index in [9.17, 15) is 29.1 Å². The van der Waals surface area contributed by atoms with Crippen LogP contribution in [0.3, 0.4) is 0 Å². The highest BCUT2D eigenvalue weighted by atomic mass is 16.6. The van der Waals surface area contributed by atoms with Gasteiger partial charge in [-0.3, -0.25) is 19.2 Å². The molecular weight excluding hydrogens is 626 g/mol. The molecule has 5 aliphatic carbocycles. The first kappa shape index (κ1) is 37.3. The summed E-state index contributed by atoms with van der Waals surface area (Å²) in [5.74, 6) is -1.99. The molecule has 0 radical (unpaired) electrons. The van der Waals surface area contributed by atoms with E-state index in [4.69, 9.17) is 14.2 Å². The minimum absolute atomic E-state index is 0.0330. The number of aliphatic hydroxyl groups excluding tert-OH is 1. The smallest absolute Gasteiger partial charge is 0.408 e. The summed E-state index contributed by atoms with van der Waals surface area (Å²) in [4.78, 5) is 63.0. The number of hydrogen-bond acceptors (Lipinski definition) is 9. The standard InChI is InChI=1S/C39H57NO9/c1-21(19-47-30(43)18-40-34(46)49-35(6,7)8)22(2)32(44)33(45)24(4)31-28(48-25(5)41)17-37(10)29-12-11-26-23(3)27(42)13-14-38(26)20-39(29,38)16-15-36(31,37)9/h13-14,21,23-24,26,28-29,31,33,45H,2,11-12,15-20H2,1,3-10H3,(H,40,46)/t21-,23-,24-,26-,28-,29-,31-,33+,36+,37-,38+,39-/m0/s1. The maximum atomic E-state index is 13.7. The van der Waals surface area contributed by atoms with E-state index in [1.54, 1.807) is 27.7 Å². The molecule has 0 aromatic heterocycles. The molecule has 12 atom stereocenters. The number of fused-ring (bicyclic) bond motifs is 2. The molecule has 0 bridgehead atoms. The second-order valence-electron chi connectivity index (χ2n) is 17.5. The van der Waals surface area contributed by atoms with E-state index in [0.29, 0.717) is 18.3 Å². The number of ketones is 2. The predicted molar refractivity (Wildman–Crippen MR) is 182 cm³/mol. The lowest BCUT2D eigenvalue weighted by molar-refractivity contribution is -0.155. The van der Waals surface area contributed by atoms with Crippen molar-refractivity contribution < 1.29 is 43.3 Å². The van der Waals surface area contributed by atoms with Gasteiger partial charge in [-0.05, 0) is 110 Å². The topological polar surface area (TPSA) is 145 Å². The summed E-state index contributed by atoms with van der Waals surface area (Å²) in [6.45, 7) is 20.2. The Morgan fingerprint density at radius 1 is 1.10 bits per heavy atom. The number of nitrogens with one attached hydrogen (secondary N) is 1. The SMILES string of the molecule is C=C(C(=O)[C@H](O)[C@@H](C)[C@H]1[C@@H](OC(C)=O)C[C@@]2(C)[C@@H]3CC[C@H]4[C@H](C)C(=O)C=C[C@@]45C[C@@]35CC[C@]12C)[C@@H](C)COC(=O)CNC(=O)OC(C)(C)C. The van der Waals surface area contributed by atoms with E-state index in [0.717, 1.165) is 32.1 Å². The van der Waals surface area contributed by atoms with Crippen molar-refractivity contribution in [3.63, 3.8) is 0 Å². The fourth-order valence-electron chi connectivity index (χ4n) is 11.3. The van der Waals surface area contributed by atoms with Gasteiger partial charge in [-0.1, -0.05) is 47.3 Å². The Morgan fingerprint density at radius 2 is 1.78 bits per heavy atom. The van der Waals surface area contributed by atoms with Gasteiger partial charge in [0, 0.05) is 24.7 Å². The molecule has 49 heavy (non-hydrogen) atoms. The second kappa shape index (κ2) is 12.6. The van der Waals surface area contributed by atoms with Crippen LogP contribution < -0.4 is 5.32 Å². The lowest BCUT2D eigenvalue weighted by Gasteiger charge is -2.61. The molecule has 5 aliphatic rings. The highest BCUT2D eigenvalue weighted by molar-refractivity contribution is 5.98. The summed E-state index contributed by atoms with van der Waals surface area (Å²) in [6.07, 6.45) is 7.11.